The first kappa shape index (κ1) is 13.2. The normalized spacial score (nSPS) is 13.7. The SMILES string of the molecule is CC(CS(C)(=O)=O)Nc1nnc(CCCl)o1. The topological polar surface area (TPSA) is 85.1 Å². The number of nitrogens with one attached hydrogen (secondary N) is 1. The van der Waals surface area contributed by atoms with Crippen molar-refractivity contribution in [2.45, 2.75) is 19.4 Å². The molecule has 0 aromatic carbocycles. The molecule has 0 saturated heterocycles. The van der Waals surface area contributed by atoms with E-state index in [9.17, 15) is 8.42 Å². The minimum atomic E-state index is -3.02. The molecule has 0 fully saturated rings. The van der Waals surface area contributed by atoms with Crippen LogP contribution >= 0.6 is 11.6 Å². The summed E-state index contributed by atoms with van der Waals surface area (Å²) in [5.41, 5.74) is 0. The van der Waals surface area contributed by atoms with Gasteiger partial charge in [-0.2, -0.15) is 0 Å². The fourth-order valence-electron chi connectivity index (χ4n) is 1.20. The summed E-state index contributed by atoms with van der Waals surface area (Å²) in [6, 6.07) is -0.0597. The molecule has 0 spiro atoms. The zero-order valence-electron chi connectivity index (χ0n) is 9.10. The van der Waals surface area contributed by atoms with E-state index in [2.05, 4.69) is 15.5 Å². The molecular weight excluding hydrogens is 254 g/mol. The van der Waals surface area contributed by atoms with Crippen LogP contribution in [0.1, 0.15) is 12.8 Å². The lowest BCUT2D eigenvalue weighted by Gasteiger charge is -2.09. The van der Waals surface area contributed by atoms with Crippen LogP contribution in [0.15, 0.2) is 4.42 Å². The predicted octanol–water partition coefficient (Wildman–Crippen LogP) is 0.696. The molecule has 8 heteroatoms. The first-order valence-electron chi connectivity index (χ1n) is 4.73. The Labute approximate surface area is 99.3 Å². The summed E-state index contributed by atoms with van der Waals surface area (Å²) in [4.78, 5) is 0. The molecule has 0 aliphatic heterocycles. The Morgan fingerprint density at radius 1 is 1.50 bits per heavy atom. The number of alkyl halides is 1. The van der Waals surface area contributed by atoms with Crippen molar-refractivity contribution in [2.75, 3.05) is 23.2 Å². The molecule has 0 aliphatic rings. The molecule has 1 atom stereocenters. The van der Waals surface area contributed by atoms with E-state index in [1.54, 1.807) is 6.92 Å². The maximum atomic E-state index is 11.0. The lowest BCUT2D eigenvalue weighted by atomic mass is 10.4. The molecule has 6 nitrogen and oxygen atoms in total. The van der Waals surface area contributed by atoms with E-state index in [0.717, 1.165) is 0 Å². The monoisotopic (exact) mass is 267 g/mol. The standard InChI is InChI=1S/C8H14ClN3O3S/c1-6(5-16(2,13)14)10-8-12-11-7(15-8)3-4-9/h6H,3-5H2,1-2H3,(H,10,12). The highest BCUT2D eigenvalue weighted by atomic mass is 35.5. The Kier molecular flexibility index (Phi) is 4.55. The molecular formula is C8H14ClN3O3S. The third-order valence-corrected chi connectivity index (χ3v) is 2.99. The molecule has 92 valence electrons. The van der Waals surface area contributed by atoms with Gasteiger partial charge in [0.25, 0.3) is 0 Å². The summed E-state index contributed by atoms with van der Waals surface area (Å²) in [6.07, 6.45) is 1.68. The van der Waals surface area contributed by atoms with Crippen LogP contribution in [0.4, 0.5) is 6.01 Å². The summed E-state index contributed by atoms with van der Waals surface area (Å²) in [5, 5.41) is 10.3. The van der Waals surface area contributed by atoms with Gasteiger partial charge < -0.3 is 9.73 Å². The van der Waals surface area contributed by atoms with Gasteiger partial charge in [-0.25, -0.2) is 8.42 Å². The van der Waals surface area contributed by atoms with Crippen LogP contribution in [-0.2, 0) is 16.3 Å². The molecule has 1 unspecified atom stereocenters. The summed E-state index contributed by atoms with van der Waals surface area (Å²) in [6.45, 7) is 1.73. The van der Waals surface area contributed by atoms with Crippen LogP contribution in [0.5, 0.6) is 0 Å². The van der Waals surface area contributed by atoms with Gasteiger partial charge in [0.2, 0.25) is 5.89 Å². The van der Waals surface area contributed by atoms with Crippen LogP contribution < -0.4 is 5.32 Å². The van der Waals surface area contributed by atoms with Crippen LogP contribution in [0.25, 0.3) is 0 Å². The molecule has 1 aromatic rings. The third-order valence-electron chi connectivity index (χ3n) is 1.70. The minimum absolute atomic E-state index is 0.0141. The smallest absolute Gasteiger partial charge is 0.315 e. The average molecular weight is 268 g/mol. The summed E-state index contributed by atoms with van der Waals surface area (Å²) >= 11 is 5.51. The number of sulfone groups is 1. The fraction of sp³-hybridized carbons (Fsp3) is 0.750. The molecule has 1 rings (SSSR count). The van der Waals surface area contributed by atoms with Crippen molar-refractivity contribution in [3.05, 3.63) is 5.89 Å². The van der Waals surface area contributed by atoms with Gasteiger partial charge in [0.05, 0.1) is 5.75 Å². The molecule has 16 heavy (non-hydrogen) atoms. The van der Waals surface area contributed by atoms with Crippen LogP contribution in [0, 0.1) is 0 Å². The number of hydrogen-bond acceptors (Lipinski definition) is 6. The zero-order valence-corrected chi connectivity index (χ0v) is 10.7. The van der Waals surface area contributed by atoms with Crippen LogP contribution in [0.3, 0.4) is 0 Å². The molecule has 0 amide bonds. The number of anilines is 1. The number of aromatic nitrogens is 2. The Morgan fingerprint density at radius 3 is 2.75 bits per heavy atom. The predicted molar refractivity (Wildman–Crippen MR) is 61.5 cm³/mol. The van der Waals surface area contributed by atoms with E-state index >= 15 is 0 Å². The number of rotatable bonds is 6. The van der Waals surface area contributed by atoms with Gasteiger partial charge in [-0.15, -0.1) is 16.7 Å². The fourth-order valence-corrected chi connectivity index (χ4v) is 2.35. The highest BCUT2D eigenvalue weighted by Gasteiger charge is 2.13. The van der Waals surface area contributed by atoms with Gasteiger partial charge in [0.15, 0.2) is 0 Å². The number of hydrogen-bond donors (Lipinski definition) is 1. The Morgan fingerprint density at radius 2 is 2.19 bits per heavy atom. The summed E-state index contributed by atoms with van der Waals surface area (Å²) in [5.74, 6) is 0.852. The first-order chi connectivity index (χ1) is 7.40. The second-order valence-corrected chi connectivity index (χ2v) is 6.14. The lowest BCUT2D eigenvalue weighted by molar-refractivity contribution is 0.508. The van der Waals surface area contributed by atoms with Crippen molar-refractivity contribution in [2.24, 2.45) is 0 Å². The number of halogens is 1. The van der Waals surface area contributed by atoms with Crippen molar-refractivity contribution in [1.29, 1.82) is 0 Å². The number of aryl methyl sites for hydroxylation is 1. The first-order valence-corrected chi connectivity index (χ1v) is 7.33. The van der Waals surface area contributed by atoms with Crippen molar-refractivity contribution in [3.8, 4) is 0 Å². The molecule has 0 bridgehead atoms. The maximum Gasteiger partial charge on any atom is 0.315 e. The highest BCUT2D eigenvalue weighted by molar-refractivity contribution is 7.90. The second kappa shape index (κ2) is 5.49. The molecule has 1 aromatic heterocycles. The lowest BCUT2D eigenvalue weighted by Crippen LogP contribution is -2.25. The Hall–Kier alpha value is -0.820. The van der Waals surface area contributed by atoms with Gasteiger partial charge in [0, 0.05) is 24.6 Å². The summed E-state index contributed by atoms with van der Waals surface area (Å²) < 4.78 is 27.2. The van der Waals surface area contributed by atoms with E-state index < -0.39 is 9.84 Å². The van der Waals surface area contributed by atoms with Crippen molar-refractivity contribution in [1.82, 2.24) is 10.2 Å². The van der Waals surface area contributed by atoms with E-state index in [1.165, 1.54) is 6.26 Å². The van der Waals surface area contributed by atoms with E-state index in [-0.39, 0.29) is 17.8 Å². The minimum Gasteiger partial charge on any atom is -0.408 e. The van der Waals surface area contributed by atoms with Gasteiger partial charge in [-0.05, 0) is 6.92 Å². The van der Waals surface area contributed by atoms with Crippen LogP contribution in [-0.4, -0.2) is 42.5 Å². The maximum absolute atomic E-state index is 11.0. The average Bonchev–Trinajstić information content (AvgIpc) is 2.49. The van der Waals surface area contributed by atoms with E-state index in [1.807, 2.05) is 0 Å². The Bertz CT molecular complexity index is 431. The van der Waals surface area contributed by atoms with Crippen molar-refractivity contribution >= 4 is 27.5 Å². The Balaban J connectivity index is 2.52. The van der Waals surface area contributed by atoms with E-state index in [4.69, 9.17) is 16.0 Å². The third kappa shape index (κ3) is 4.80. The zero-order chi connectivity index (χ0) is 12.2. The molecule has 0 aliphatic carbocycles. The molecule has 1 N–H and O–H groups in total. The molecule has 1 heterocycles. The second-order valence-electron chi connectivity index (χ2n) is 3.58. The van der Waals surface area contributed by atoms with Gasteiger partial charge in [-0.1, -0.05) is 5.10 Å². The quantitative estimate of drug-likeness (QED) is 0.764. The van der Waals surface area contributed by atoms with Gasteiger partial charge in [0.1, 0.15) is 9.84 Å². The summed E-state index contributed by atoms with van der Waals surface area (Å²) in [7, 11) is -3.02. The largest absolute Gasteiger partial charge is 0.408 e. The molecule has 0 radical (unpaired) electrons. The van der Waals surface area contributed by atoms with Gasteiger partial charge in [-0.3, -0.25) is 0 Å². The van der Waals surface area contributed by atoms with E-state index in [0.29, 0.717) is 18.2 Å². The van der Waals surface area contributed by atoms with Crippen LogP contribution in [0.2, 0.25) is 0 Å². The van der Waals surface area contributed by atoms with Crippen molar-refractivity contribution < 1.29 is 12.8 Å². The highest BCUT2D eigenvalue weighted by Crippen LogP contribution is 2.08. The van der Waals surface area contributed by atoms with Gasteiger partial charge >= 0.3 is 6.01 Å². The number of nitrogens with zero attached hydrogens (tertiary/aromatic N) is 2. The molecule has 0 saturated carbocycles. The van der Waals surface area contributed by atoms with Crippen molar-refractivity contribution in [3.63, 3.8) is 0 Å².